The van der Waals surface area contributed by atoms with Crippen molar-refractivity contribution < 1.29 is 19.1 Å². The Morgan fingerprint density at radius 3 is 2.41 bits per heavy atom. The third-order valence-electron chi connectivity index (χ3n) is 4.08. The maximum absolute atomic E-state index is 12.8. The first kappa shape index (κ1) is 16.4. The van der Waals surface area contributed by atoms with Gasteiger partial charge in [0.1, 0.15) is 11.9 Å². The number of carbonyl (C=O) groups is 2. The summed E-state index contributed by atoms with van der Waals surface area (Å²) in [4.78, 5) is 25.2. The summed E-state index contributed by atoms with van der Waals surface area (Å²) in [5, 5.41) is 12.1. The topological polar surface area (TPSA) is 69.6 Å². The van der Waals surface area contributed by atoms with Crippen molar-refractivity contribution in [2.45, 2.75) is 38.3 Å². The van der Waals surface area contributed by atoms with E-state index in [0.717, 1.165) is 12.8 Å². The largest absolute Gasteiger partial charge is 0.480 e. The molecule has 1 saturated heterocycles. The number of carboxylic acids is 1. The van der Waals surface area contributed by atoms with Crippen molar-refractivity contribution >= 4 is 11.9 Å². The molecule has 22 heavy (non-hydrogen) atoms. The highest BCUT2D eigenvalue weighted by molar-refractivity contribution is 5.94. The Bertz CT molecular complexity index is 525. The molecule has 1 atom stereocenters. The zero-order chi connectivity index (χ0) is 16.1. The third-order valence-corrected chi connectivity index (χ3v) is 4.08. The lowest BCUT2D eigenvalue weighted by atomic mass is 10.0. The molecule has 0 saturated carbocycles. The van der Waals surface area contributed by atoms with Crippen LogP contribution in [-0.4, -0.2) is 47.1 Å². The maximum atomic E-state index is 12.8. The van der Waals surface area contributed by atoms with Crippen molar-refractivity contribution in [1.82, 2.24) is 10.2 Å². The fourth-order valence-electron chi connectivity index (χ4n) is 2.81. The van der Waals surface area contributed by atoms with Crippen LogP contribution in [0.15, 0.2) is 24.3 Å². The molecule has 1 amide bonds. The molecule has 0 aromatic heterocycles. The zero-order valence-corrected chi connectivity index (χ0v) is 12.6. The molecule has 1 unspecified atom stereocenters. The molecule has 6 heteroatoms. The van der Waals surface area contributed by atoms with Crippen LogP contribution in [0.5, 0.6) is 0 Å². The van der Waals surface area contributed by atoms with E-state index in [-0.39, 0.29) is 17.8 Å². The van der Waals surface area contributed by atoms with E-state index in [2.05, 4.69) is 5.32 Å². The van der Waals surface area contributed by atoms with Crippen LogP contribution >= 0.6 is 0 Å². The predicted molar refractivity (Wildman–Crippen MR) is 80.2 cm³/mol. The monoisotopic (exact) mass is 308 g/mol. The summed E-state index contributed by atoms with van der Waals surface area (Å²) in [5.41, 5.74) is 0.431. The van der Waals surface area contributed by atoms with Crippen LogP contribution in [0.4, 0.5) is 4.39 Å². The van der Waals surface area contributed by atoms with E-state index in [1.54, 1.807) is 0 Å². The first-order valence-corrected chi connectivity index (χ1v) is 7.54. The normalized spacial score (nSPS) is 17.9. The predicted octanol–water partition coefficient (Wildman–Crippen LogP) is 1.88. The number of hydrogen-bond donors (Lipinski definition) is 2. The van der Waals surface area contributed by atoms with Crippen LogP contribution < -0.4 is 5.32 Å². The lowest BCUT2D eigenvalue weighted by Gasteiger charge is -2.35. The standard InChI is InChI=1S/C16H21FN2O3/c1-2-14(16(21)22)19-9-7-13(8-10-19)18-15(20)11-3-5-12(17)6-4-11/h3-6,13-14H,2,7-10H2,1H3,(H,18,20)(H,21,22). The number of amides is 1. The molecule has 1 fully saturated rings. The molecule has 5 nitrogen and oxygen atoms in total. The van der Waals surface area contributed by atoms with Crippen LogP contribution in [0.2, 0.25) is 0 Å². The van der Waals surface area contributed by atoms with Gasteiger partial charge in [0.15, 0.2) is 0 Å². The van der Waals surface area contributed by atoms with E-state index in [0.29, 0.717) is 25.1 Å². The minimum Gasteiger partial charge on any atom is -0.480 e. The van der Waals surface area contributed by atoms with Gasteiger partial charge in [-0.3, -0.25) is 14.5 Å². The lowest BCUT2D eigenvalue weighted by Crippen LogP contribution is -2.50. The van der Waals surface area contributed by atoms with E-state index < -0.39 is 12.0 Å². The molecule has 120 valence electrons. The average Bonchev–Trinajstić information content (AvgIpc) is 2.50. The highest BCUT2D eigenvalue weighted by atomic mass is 19.1. The summed E-state index contributed by atoms with van der Waals surface area (Å²) in [6.45, 7) is 3.17. The molecule has 0 aliphatic carbocycles. The fraction of sp³-hybridized carbons (Fsp3) is 0.500. The summed E-state index contributed by atoms with van der Waals surface area (Å²) in [6, 6.07) is 5.01. The number of rotatable bonds is 5. The van der Waals surface area contributed by atoms with Gasteiger partial charge in [-0.1, -0.05) is 6.92 Å². The molecule has 1 heterocycles. The number of hydrogen-bond acceptors (Lipinski definition) is 3. The van der Waals surface area contributed by atoms with Gasteiger partial charge in [0.2, 0.25) is 0 Å². The summed E-state index contributed by atoms with van der Waals surface area (Å²) in [5.74, 6) is -1.39. The number of benzene rings is 1. The van der Waals surface area contributed by atoms with Gasteiger partial charge in [-0.15, -0.1) is 0 Å². The number of piperidine rings is 1. The number of carboxylic acid groups (broad SMARTS) is 1. The smallest absolute Gasteiger partial charge is 0.320 e. The van der Waals surface area contributed by atoms with E-state index >= 15 is 0 Å². The first-order chi connectivity index (χ1) is 10.5. The van der Waals surface area contributed by atoms with Gasteiger partial charge in [-0.2, -0.15) is 0 Å². The van der Waals surface area contributed by atoms with Crippen molar-refractivity contribution in [1.29, 1.82) is 0 Å². The van der Waals surface area contributed by atoms with E-state index in [1.807, 2.05) is 11.8 Å². The van der Waals surface area contributed by atoms with Gasteiger partial charge >= 0.3 is 5.97 Å². The van der Waals surface area contributed by atoms with E-state index in [1.165, 1.54) is 24.3 Å². The quantitative estimate of drug-likeness (QED) is 0.871. The third kappa shape index (κ3) is 4.04. The van der Waals surface area contributed by atoms with Gasteiger partial charge in [-0.05, 0) is 43.5 Å². The van der Waals surface area contributed by atoms with Crippen LogP contribution in [-0.2, 0) is 4.79 Å². The maximum Gasteiger partial charge on any atom is 0.320 e. The van der Waals surface area contributed by atoms with Crippen molar-refractivity contribution in [3.63, 3.8) is 0 Å². The second-order valence-corrected chi connectivity index (χ2v) is 5.55. The number of halogens is 1. The Hall–Kier alpha value is -1.95. The summed E-state index contributed by atoms with van der Waals surface area (Å²) >= 11 is 0. The number of aliphatic carboxylic acids is 1. The van der Waals surface area contributed by atoms with Gasteiger partial charge in [0, 0.05) is 24.7 Å². The van der Waals surface area contributed by atoms with Crippen LogP contribution in [0.1, 0.15) is 36.5 Å². The highest BCUT2D eigenvalue weighted by Crippen LogP contribution is 2.16. The van der Waals surface area contributed by atoms with Crippen molar-refractivity contribution in [3.8, 4) is 0 Å². The Balaban J connectivity index is 1.85. The molecule has 0 bridgehead atoms. The zero-order valence-electron chi connectivity index (χ0n) is 12.6. The molecule has 1 aromatic carbocycles. The Morgan fingerprint density at radius 2 is 1.91 bits per heavy atom. The molecule has 0 spiro atoms. The molecule has 0 radical (unpaired) electrons. The van der Waals surface area contributed by atoms with E-state index in [9.17, 15) is 14.0 Å². The first-order valence-electron chi connectivity index (χ1n) is 7.54. The number of likely N-dealkylation sites (tertiary alicyclic amines) is 1. The van der Waals surface area contributed by atoms with Crippen molar-refractivity contribution in [2.75, 3.05) is 13.1 Å². The molecule has 1 aliphatic rings. The molecule has 1 aliphatic heterocycles. The minimum absolute atomic E-state index is 0.0279. The SMILES string of the molecule is CCC(C(=O)O)N1CCC(NC(=O)c2ccc(F)cc2)CC1. The summed E-state index contributed by atoms with van der Waals surface area (Å²) in [6.07, 6.45) is 2.01. The second kappa shape index (κ2) is 7.35. The van der Waals surface area contributed by atoms with Crippen molar-refractivity contribution in [2.24, 2.45) is 0 Å². The Morgan fingerprint density at radius 1 is 1.32 bits per heavy atom. The number of nitrogens with zero attached hydrogens (tertiary/aromatic N) is 1. The fourth-order valence-corrected chi connectivity index (χ4v) is 2.81. The van der Waals surface area contributed by atoms with Crippen LogP contribution in [0, 0.1) is 5.82 Å². The lowest BCUT2D eigenvalue weighted by molar-refractivity contribution is -0.143. The van der Waals surface area contributed by atoms with Gasteiger partial charge in [-0.25, -0.2) is 4.39 Å². The summed E-state index contributed by atoms with van der Waals surface area (Å²) in [7, 11) is 0. The molecule has 2 rings (SSSR count). The molecule has 2 N–H and O–H groups in total. The highest BCUT2D eigenvalue weighted by Gasteiger charge is 2.28. The molecular formula is C16H21FN2O3. The van der Waals surface area contributed by atoms with Gasteiger partial charge in [0.05, 0.1) is 0 Å². The van der Waals surface area contributed by atoms with Crippen LogP contribution in [0.25, 0.3) is 0 Å². The van der Waals surface area contributed by atoms with E-state index in [4.69, 9.17) is 5.11 Å². The number of nitrogens with one attached hydrogen (secondary N) is 1. The second-order valence-electron chi connectivity index (χ2n) is 5.55. The van der Waals surface area contributed by atoms with Gasteiger partial charge in [0.25, 0.3) is 5.91 Å². The average molecular weight is 308 g/mol. The Labute approximate surface area is 129 Å². The van der Waals surface area contributed by atoms with Gasteiger partial charge < -0.3 is 10.4 Å². The summed E-state index contributed by atoms with van der Waals surface area (Å²) < 4.78 is 12.8. The number of carbonyl (C=O) groups excluding carboxylic acids is 1. The molecular weight excluding hydrogens is 287 g/mol. The van der Waals surface area contributed by atoms with Crippen LogP contribution in [0.3, 0.4) is 0 Å². The Kier molecular flexibility index (Phi) is 5.49. The minimum atomic E-state index is -0.795. The molecule has 1 aromatic rings. The van der Waals surface area contributed by atoms with Crippen molar-refractivity contribution in [3.05, 3.63) is 35.6 Å².